The Kier molecular flexibility index (Phi) is 10.4. The highest BCUT2D eigenvalue weighted by Crippen LogP contribution is 2.39. The quantitative estimate of drug-likeness (QED) is 0.179. The first-order valence-corrected chi connectivity index (χ1v) is 15.4. The summed E-state index contributed by atoms with van der Waals surface area (Å²) in [6, 6.07) is 23.7. The number of amides is 1. The number of nitrogens with zero attached hydrogens (tertiary/aromatic N) is 3. The van der Waals surface area contributed by atoms with Crippen LogP contribution in [0.25, 0.3) is 11.1 Å². The Labute approximate surface area is 260 Å². The van der Waals surface area contributed by atoms with E-state index < -0.39 is 18.4 Å². The predicted octanol–water partition coefficient (Wildman–Crippen LogP) is 4.88. The standard InChI is InChI=1S/C33H36N4O6S/c1-21(41-22(2)39)31(40)34-17-27-6-4-5-7-29(27)24-12-14-26(15-13-24)32-42-28(19-44-33-36-35-20-37(33)3)16-30(43-32)25-10-8-23(18-38)9-11-25/h4-15,20-21,28,30,32,38H,16-19H2,1-3H3,(H,34,40)/t21-,28-,30+,32+/m0/s1. The number of aromatic nitrogens is 3. The van der Waals surface area contributed by atoms with Gasteiger partial charge in [0, 0.05) is 38.3 Å². The zero-order chi connectivity index (χ0) is 31.1. The second-order valence-corrected chi connectivity index (χ2v) is 11.6. The van der Waals surface area contributed by atoms with E-state index in [0.717, 1.165) is 38.5 Å². The van der Waals surface area contributed by atoms with Crippen LogP contribution < -0.4 is 5.32 Å². The maximum Gasteiger partial charge on any atom is 0.303 e. The number of hydrogen-bond acceptors (Lipinski definition) is 9. The molecule has 0 radical (unpaired) electrons. The minimum atomic E-state index is -0.867. The lowest BCUT2D eigenvalue weighted by Crippen LogP contribution is -2.35. The molecule has 230 valence electrons. The van der Waals surface area contributed by atoms with Gasteiger partial charge in [-0.15, -0.1) is 10.2 Å². The summed E-state index contributed by atoms with van der Waals surface area (Å²) in [5.41, 5.74) is 5.65. The molecule has 1 amide bonds. The number of rotatable bonds is 11. The number of carbonyl (C=O) groups excluding carboxylic acids is 2. The maximum absolute atomic E-state index is 12.4. The second kappa shape index (κ2) is 14.6. The van der Waals surface area contributed by atoms with Crippen LogP contribution in [-0.4, -0.2) is 49.7 Å². The second-order valence-electron chi connectivity index (χ2n) is 10.6. The van der Waals surface area contributed by atoms with Crippen molar-refractivity contribution >= 4 is 23.6 Å². The number of aliphatic hydroxyl groups is 1. The summed E-state index contributed by atoms with van der Waals surface area (Å²) in [6.45, 7) is 3.10. The van der Waals surface area contributed by atoms with Gasteiger partial charge in [0.05, 0.1) is 18.8 Å². The average Bonchev–Trinajstić information content (AvgIpc) is 3.46. The average molecular weight is 617 g/mol. The molecule has 44 heavy (non-hydrogen) atoms. The number of ether oxygens (including phenoxy) is 3. The van der Waals surface area contributed by atoms with Crippen molar-refractivity contribution in [3.63, 3.8) is 0 Å². The van der Waals surface area contributed by atoms with Gasteiger partial charge in [-0.05, 0) is 34.7 Å². The highest BCUT2D eigenvalue weighted by Gasteiger charge is 2.32. The summed E-state index contributed by atoms with van der Waals surface area (Å²) in [5, 5.41) is 21.3. The van der Waals surface area contributed by atoms with Gasteiger partial charge in [0.2, 0.25) is 0 Å². The van der Waals surface area contributed by atoms with Crippen LogP contribution in [0.2, 0.25) is 0 Å². The predicted molar refractivity (Wildman–Crippen MR) is 165 cm³/mol. The maximum atomic E-state index is 12.4. The molecule has 0 saturated carbocycles. The van der Waals surface area contributed by atoms with Gasteiger partial charge in [-0.1, -0.05) is 84.6 Å². The van der Waals surface area contributed by atoms with E-state index in [-0.39, 0.29) is 24.7 Å². The van der Waals surface area contributed by atoms with Crippen molar-refractivity contribution in [1.29, 1.82) is 0 Å². The molecule has 1 aromatic heterocycles. The van der Waals surface area contributed by atoms with E-state index in [1.807, 2.05) is 84.4 Å². The molecule has 2 N–H and O–H groups in total. The summed E-state index contributed by atoms with van der Waals surface area (Å²) in [5.74, 6) is -0.171. The third kappa shape index (κ3) is 7.92. The van der Waals surface area contributed by atoms with E-state index in [1.165, 1.54) is 6.92 Å². The van der Waals surface area contributed by atoms with Crippen LogP contribution in [0.3, 0.4) is 0 Å². The molecule has 2 heterocycles. The molecule has 1 aliphatic heterocycles. The van der Waals surface area contributed by atoms with Crippen molar-refractivity contribution < 1.29 is 28.9 Å². The Morgan fingerprint density at radius 3 is 2.48 bits per heavy atom. The number of benzene rings is 3. The molecule has 1 aliphatic rings. The van der Waals surface area contributed by atoms with E-state index in [0.29, 0.717) is 18.7 Å². The molecular formula is C33H36N4O6S. The van der Waals surface area contributed by atoms with Crippen molar-refractivity contribution in [3.8, 4) is 11.1 Å². The van der Waals surface area contributed by atoms with Crippen LogP contribution in [-0.2, 0) is 44.0 Å². The van der Waals surface area contributed by atoms with Crippen LogP contribution in [0.15, 0.2) is 84.3 Å². The first-order chi connectivity index (χ1) is 21.3. The summed E-state index contributed by atoms with van der Waals surface area (Å²) < 4.78 is 19.8. The number of esters is 1. The van der Waals surface area contributed by atoms with Crippen molar-refractivity contribution in [3.05, 3.63) is 101 Å². The Balaban J connectivity index is 1.32. The zero-order valence-electron chi connectivity index (χ0n) is 24.9. The number of aliphatic hydroxyl groups excluding tert-OH is 1. The molecule has 4 atom stereocenters. The van der Waals surface area contributed by atoms with E-state index in [2.05, 4.69) is 15.5 Å². The lowest BCUT2D eigenvalue weighted by atomic mass is 9.97. The summed E-state index contributed by atoms with van der Waals surface area (Å²) >= 11 is 1.59. The van der Waals surface area contributed by atoms with Gasteiger partial charge >= 0.3 is 5.97 Å². The fourth-order valence-corrected chi connectivity index (χ4v) is 5.90. The number of nitrogens with one attached hydrogen (secondary N) is 1. The minimum Gasteiger partial charge on any atom is -0.453 e. The highest BCUT2D eigenvalue weighted by molar-refractivity contribution is 7.99. The number of carbonyl (C=O) groups is 2. The largest absolute Gasteiger partial charge is 0.453 e. The molecule has 1 saturated heterocycles. The lowest BCUT2D eigenvalue weighted by molar-refractivity contribution is -0.245. The summed E-state index contributed by atoms with van der Waals surface area (Å²) in [6.07, 6.45) is 0.615. The number of thioether (sulfide) groups is 1. The topological polar surface area (TPSA) is 125 Å². The third-order valence-corrected chi connectivity index (χ3v) is 8.53. The van der Waals surface area contributed by atoms with Crippen molar-refractivity contribution in [1.82, 2.24) is 20.1 Å². The minimum absolute atomic E-state index is 0.0102. The van der Waals surface area contributed by atoms with Gasteiger partial charge in [0.15, 0.2) is 17.6 Å². The molecular weight excluding hydrogens is 580 g/mol. The molecule has 0 spiro atoms. The van der Waals surface area contributed by atoms with Gasteiger partial charge in [-0.2, -0.15) is 0 Å². The van der Waals surface area contributed by atoms with Crippen LogP contribution in [0.5, 0.6) is 0 Å². The van der Waals surface area contributed by atoms with Gasteiger partial charge in [0.25, 0.3) is 5.91 Å². The fourth-order valence-electron chi connectivity index (χ4n) is 5.00. The molecule has 0 bridgehead atoms. The van der Waals surface area contributed by atoms with Crippen molar-refractivity contribution in [2.24, 2.45) is 7.05 Å². The molecule has 3 aromatic carbocycles. The smallest absolute Gasteiger partial charge is 0.303 e. The Morgan fingerprint density at radius 1 is 1.07 bits per heavy atom. The molecule has 4 aromatic rings. The lowest BCUT2D eigenvalue weighted by Gasteiger charge is -2.36. The van der Waals surface area contributed by atoms with E-state index in [4.69, 9.17) is 14.2 Å². The van der Waals surface area contributed by atoms with Crippen LogP contribution in [0.4, 0.5) is 0 Å². The first kappa shape index (κ1) is 31.4. The van der Waals surface area contributed by atoms with Crippen molar-refractivity contribution in [2.75, 3.05) is 5.75 Å². The van der Waals surface area contributed by atoms with Crippen molar-refractivity contribution in [2.45, 2.75) is 63.2 Å². The van der Waals surface area contributed by atoms with Crippen LogP contribution >= 0.6 is 11.8 Å². The number of hydrogen-bond donors (Lipinski definition) is 2. The number of aryl methyl sites for hydroxylation is 1. The fraction of sp³-hybridized carbons (Fsp3) is 0.333. The van der Waals surface area contributed by atoms with Gasteiger partial charge in [-0.25, -0.2) is 0 Å². The van der Waals surface area contributed by atoms with E-state index >= 15 is 0 Å². The zero-order valence-corrected chi connectivity index (χ0v) is 25.7. The van der Waals surface area contributed by atoms with E-state index in [9.17, 15) is 14.7 Å². The Morgan fingerprint density at radius 2 is 1.80 bits per heavy atom. The first-order valence-electron chi connectivity index (χ1n) is 14.4. The summed E-state index contributed by atoms with van der Waals surface area (Å²) in [4.78, 5) is 23.6. The van der Waals surface area contributed by atoms with Gasteiger partial charge in [-0.3, -0.25) is 9.59 Å². The third-order valence-electron chi connectivity index (χ3n) is 7.36. The molecule has 5 rings (SSSR count). The molecule has 10 nitrogen and oxygen atoms in total. The van der Waals surface area contributed by atoms with Crippen LogP contribution in [0.1, 0.15) is 54.9 Å². The summed E-state index contributed by atoms with van der Waals surface area (Å²) in [7, 11) is 1.92. The molecule has 1 fully saturated rings. The monoisotopic (exact) mass is 616 g/mol. The molecule has 0 unspecified atom stereocenters. The molecule has 0 aliphatic carbocycles. The molecule has 11 heteroatoms. The Hall–Kier alpha value is -4.03. The van der Waals surface area contributed by atoms with Crippen LogP contribution in [0, 0.1) is 0 Å². The van der Waals surface area contributed by atoms with Gasteiger partial charge in [0.1, 0.15) is 6.33 Å². The van der Waals surface area contributed by atoms with Gasteiger partial charge < -0.3 is 29.2 Å². The SMILES string of the molecule is CC(=O)O[C@@H](C)C(=O)NCc1ccccc1-c1ccc([C@@H]2O[C@H](CSc3nncn3C)C[C@H](c3ccc(CO)cc3)O2)cc1. The van der Waals surface area contributed by atoms with E-state index in [1.54, 1.807) is 25.0 Å². The highest BCUT2D eigenvalue weighted by atomic mass is 32.2. The normalized spacial score (nSPS) is 18.9. The Bertz CT molecular complexity index is 1560.